The van der Waals surface area contributed by atoms with Gasteiger partial charge in [-0.1, -0.05) is 0 Å². The number of hydrogen-bond donors (Lipinski definition) is 1. The molecular formula is C15H26N4S. The Bertz CT molecular complexity index is 381. The molecule has 5 heteroatoms. The molecule has 3 rings (SSSR count). The number of nitrogens with one attached hydrogen (secondary N) is 1. The monoisotopic (exact) mass is 294 g/mol. The summed E-state index contributed by atoms with van der Waals surface area (Å²) >= 11 is 1.78. The zero-order valence-electron chi connectivity index (χ0n) is 12.4. The van der Waals surface area contributed by atoms with Gasteiger partial charge in [0, 0.05) is 44.3 Å². The van der Waals surface area contributed by atoms with E-state index in [2.05, 4.69) is 32.4 Å². The average molecular weight is 294 g/mol. The van der Waals surface area contributed by atoms with Gasteiger partial charge in [0.25, 0.3) is 0 Å². The van der Waals surface area contributed by atoms with Crippen LogP contribution in [0.25, 0.3) is 0 Å². The topological polar surface area (TPSA) is 31.4 Å². The Kier molecular flexibility index (Phi) is 5.04. The Labute approximate surface area is 126 Å². The van der Waals surface area contributed by atoms with Crippen molar-refractivity contribution in [2.24, 2.45) is 5.92 Å². The first-order valence-electron chi connectivity index (χ1n) is 7.89. The van der Waals surface area contributed by atoms with E-state index in [1.165, 1.54) is 63.7 Å². The molecule has 4 nitrogen and oxygen atoms in total. The van der Waals surface area contributed by atoms with E-state index in [1.807, 2.05) is 6.20 Å². The fourth-order valence-corrected chi connectivity index (χ4v) is 4.10. The van der Waals surface area contributed by atoms with E-state index in [0.717, 1.165) is 5.92 Å². The molecule has 1 aromatic rings. The van der Waals surface area contributed by atoms with Crippen LogP contribution in [0.4, 0.5) is 0 Å². The van der Waals surface area contributed by atoms with Crippen molar-refractivity contribution in [1.29, 1.82) is 0 Å². The largest absolute Gasteiger partial charge is 0.316 e. The number of rotatable bonds is 4. The third-order valence-electron chi connectivity index (χ3n) is 4.68. The van der Waals surface area contributed by atoms with Gasteiger partial charge in [0.15, 0.2) is 0 Å². The molecule has 112 valence electrons. The quantitative estimate of drug-likeness (QED) is 0.918. The molecule has 1 N–H and O–H groups in total. The molecule has 0 aromatic carbocycles. The van der Waals surface area contributed by atoms with E-state index in [1.54, 1.807) is 11.3 Å². The summed E-state index contributed by atoms with van der Waals surface area (Å²) in [6.45, 7) is 10.8. The summed E-state index contributed by atoms with van der Waals surface area (Å²) in [6, 6.07) is 0.480. The van der Waals surface area contributed by atoms with E-state index in [4.69, 9.17) is 0 Å². The Hall–Kier alpha value is -0.490. The number of nitrogens with zero attached hydrogens (tertiary/aromatic N) is 3. The lowest BCUT2D eigenvalue weighted by Crippen LogP contribution is -2.49. The van der Waals surface area contributed by atoms with Crippen molar-refractivity contribution in [3.63, 3.8) is 0 Å². The lowest BCUT2D eigenvalue weighted by molar-refractivity contribution is 0.0876. The maximum atomic E-state index is 4.46. The van der Waals surface area contributed by atoms with Crippen molar-refractivity contribution in [3.8, 4) is 0 Å². The summed E-state index contributed by atoms with van der Waals surface area (Å²) in [5.41, 5.74) is 0. The first-order chi connectivity index (χ1) is 9.83. The minimum Gasteiger partial charge on any atom is -0.316 e. The van der Waals surface area contributed by atoms with Gasteiger partial charge in [-0.15, -0.1) is 11.3 Å². The van der Waals surface area contributed by atoms with Crippen LogP contribution in [0.2, 0.25) is 0 Å². The Morgan fingerprint density at radius 2 is 2.25 bits per heavy atom. The molecule has 2 atom stereocenters. The zero-order chi connectivity index (χ0) is 13.8. The van der Waals surface area contributed by atoms with E-state index in [0.29, 0.717) is 6.04 Å². The van der Waals surface area contributed by atoms with Crippen LogP contribution in [0.1, 0.15) is 30.8 Å². The smallest absolute Gasteiger partial charge is 0.109 e. The third-order valence-corrected chi connectivity index (χ3v) is 5.62. The lowest BCUT2D eigenvalue weighted by Gasteiger charge is -2.39. The number of aromatic nitrogens is 1. The fraction of sp³-hybridized carbons (Fsp3) is 0.800. The van der Waals surface area contributed by atoms with Gasteiger partial charge in [-0.3, -0.25) is 4.90 Å². The Balaban J connectivity index is 1.44. The van der Waals surface area contributed by atoms with Gasteiger partial charge in [-0.2, -0.15) is 0 Å². The van der Waals surface area contributed by atoms with E-state index in [-0.39, 0.29) is 0 Å². The molecule has 0 bridgehead atoms. The second kappa shape index (κ2) is 6.98. The molecule has 2 unspecified atom stereocenters. The van der Waals surface area contributed by atoms with Crippen LogP contribution >= 0.6 is 11.3 Å². The average Bonchev–Trinajstić information content (AvgIpc) is 3.03. The highest BCUT2D eigenvalue weighted by Gasteiger charge is 2.25. The van der Waals surface area contributed by atoms with Crippen molar-refractivity contribution in [1.82, 2.24) is 20.1 Å². The van der Waals surface area contributed by atoms with E-state index in [9.17, 15) is 0 Å². The first-order valence-corrected chi connectivity index (χ1v) is 8.77. The van der Waals surface area contributed by atoms with Crippen LogP contribution in [0, 0.1) is 5.92 Å². The second-order valence-electron chi connectivity index (χ2n) is 6.10. The van der Waals surface area contributed by atoms with Crippen LogP contribution in [0.5, 0.6) is 0 Å². The predicted molar refractivity (Wildman–Crippen MR) is 84.1 cm³/mol. The summed E-state index contributed by atoms with van der Waals surface area (Å²) in [5, 5.41) is 6.87. The third kappa shape index (κ3) is 3.58. The SMILES string of the molecule is CC(c1nccs1)N1CCN(CC2CCCNC2)CC1. The summed E-state index contributed by atoms with van der Waals surface area (Å²) in [4.78, 5) is 9.69. The van der Waals surface area contributed by atoms with Crippen LogP contribution in [0.15, 0.2) is 11.6 Å². The highest BCUT2D eigenvalue weighted by molar-refractivity contribution is 7.09. The van der Waals surface area contributed by atoms with Crippen molar-refractivity contribution in [2.45, 2.75) is 25.8 Å². The molecular weight excluding hydrogens is 268 g/mol. The molecule has 20 heavy (non-hydrogen) atoms. The molecule has 2 saturated heterocycles. The number of piperidine rings is 1. The molecule has 0 spiro atoms. The molecule has 2 aliphatic heterocycles. The van der Waals surface area contributed by atoms with Crippen molar-refractivity contribution in [3.05, 3.63) is 16.6 Å². The minimum atomic E-state index is 0.480. The van der Waals surface area contributed by atoms with Crippen LogP contribution in [-0.2, 0) is 0 Å². The van der Waals surface area contributed by atoms with Crippen molar-refractivity contribution >= 4 is 11.3 Å². The first kappa shape index (κ1) is 14.4. The molecule has 0 aliphatic carbocycles. The number of hydrogen-bond acceptors (Lipinski definition) is 5. The van der Waals surface area contributed by atoms with Gasteiger partial charge < -0.3 is 10.2 Å². The molecule has 0 amide bonds. The molecule has 2 aliphatic rings. The Morgan fingerprint density at radius 1 is 1.40 bits per heavy atom. The maximum Gasteiger partial charge on any atom is 0.109 e. The Morgan fingerprint density at radius 3 is 2.90 bits per heavy atom. The molecule has 0 saturated carbocycles. The van der Waals surface area contributed by atoms with Crippen LogP contribution in [0.3, 0.4) is 0 Å². The molecule has 3 heterocycles. The maximum absolute atomic E-state index is 4.46. The van der Waals surface area contributed by atoms with Gasteiger partial charge in [0.1, 0.15) is 5.01 Å². The zero-order valence-corrected chi connectivity index (χ0v) is 13.2. The number of thiazole rings is 1. The van der Waals surface area contributed by atoms with E-state index < -0.39 is 0 Å². The standard InChI is InChI=1S/C15H26N4S/c1-13(15-17-5-10-20-15)19-8-6-18(7-9-19)12-14-3-2-4-16-11-14/h5,10,13-14,16H,2-4,6-9,11-12H2,1H3. The molecule has 0 radical (unpaired) electrons. The summed E-state index contributed by atoms with van der Waals surface area (Å²) in [6.07, 6.45) is 4.68. The highest BCUT2D eigenvalue weighted by Crippen LogP contribution is 2.23. The number of piperazine rings is 1. The van der Waals surface area contributed by atoms with Gasteiger partial charge in [0.2, 0.25) is 0 Å². The molecule has 1 aromatic heterocycles. The van der Waals surface area contributed by atoms with Crippen molar-refractivity contribution < 1.29 is 0 Å². The van der Waals surface area contributed by atoms with Crippen LogP contribution < -0.4 is 5.32 Å². The molecule has 2 fully saturated rings. The fourth-order valence-electron chi connectivity index (χ4n) is 3.38. The predicted octanol–water partition coefficient (Wildman–Crippen LogP) is 1.82. The lowest BCUT2D eigenvalue weighted by atomic mass is 9.99. The normalized spacial score (nSPS) is 27.6. The summed E-state index contributed by atoms with van der Waals surface area (Å²) in [7, 11) is 0. The van der Waals surface area contributed by atoms with Crippen LogP contribution in [-0.4, -0.2) is 60.6 Å². The minimum absolute atomic E-state index is 0.480. The van der Waals surface area contributed by atoms with Crippen molar-refractivity contribution in [2.75, 3.05) is 45.8 Å². The van der Waals surface area contributed by atoms with Gasteiger partial charge in [-0.05, 0) is 38.8 Å². The van der Waals surface area contributed by atoms with Gasteiger partial charge in [0.05, 0.1) is 6.04 Å². The highest BCUT2D eigenvalue weighted by atomic mass is 32.1. The second-order valence-corrected chi connectivity index (χ2v) is 7.02. The van der Waals surface area contributed by atoms with Gasteiger partial charge >= 0.3 is 0 Å². The van der Waals surface area contributed by atoms with E-state index >= 15 is 0 Å². The van der Waals surface area contributed by atoms with Gasteiger partial charge in [-0.25, -0.2) is 4.98 Å². The summed E-state index contributed by atoms with van der Waals surface area (Å²) in [5.74, 6) is 0.867. The summed E-state index contributed by atoms with van der Waals surface area (Å²) < 4.78 is 0.